The molecule has 0 aliphatic carbocycles. The van der Waals surface area contributed by atoms with E-state index >= 15 is 0 Å². The second-order valence-corrected chi connectivity index (χ2v) is 7.74. The zero-order valence-electron chi connectivity index (χ0n) is 18.0. The van der Waals surface area contributed by atoms with Gasteiger partial charge in [0.05, 0.1) is 12.8 Å². The summed E-state index contributed by atoms with van der Waals surface area (Å²) < 4.78 is 11.5. The second-order valence-electron chi connectivity index (χ2n) is 7.74. The van der Waals surface area contributed by atoms with Crippen LogP contribution in [0.2, 0.25) is 0 Å². The molecule has 2 rings (SSSR count). The number of rotatable bonds is 10. The standard InChI is InChI=1S/C22H34N4O2.HI/c1-5-23-21(26-16-20-25-15-19(28-20)22(2,3)4)24-13-9-10-14-27-17-18-11-7-6-8-12-18;/h6-8,11-12,15H,5,9-10,13-14,16-17H2,1-4H3,(H2,23,24,26);1H. The van der Waals surface area contributed by atoms with Gasteiger partial charge in [0.2, 0.25) is 5.89 Å². The molecule has 2 aromatic rings. The topological polar surface area (TPSA) is 71.7 Å². The average Bonchev–Trinajstić information content (AvgIpc) is 3.15. The Bertz CT molecular complexity index is 711. The van der Waals surface area contributed by atoms with Gasteiger partial charge in [-0.15, -0.1) is 24.0 Å². The fourth-order valence-electron chi connectivity index (χ4n) is 2.52. The Hall–Kier alpha value is -1.61. The molecule has 7 heteroatoms. The monoisotopic (exact) mass is 514 g/mol. The van der Waals surface area contributed by atoms with Crippen LogP contribution in [0.15, 0.2) is 45.9 Å². The summed E-state index contributed by atoms with van der Waals surface area (Å²) in [6.07, 6.45) is 3.82. The molecule has 162 valence electrons. The molecule has 29 heavy (non-hydrogen) atoms. The van der Waals surface area contributed by atoms with E-state index in [0.29, 0.717) is 19.0 Å². The lowest BCUT2D eigenvalue weighted by molar-refractivity contribution is 0.117. The van der Waals surface area contributed by atoms with Gasteiger partial charge in [0.1, 0.15) is 12.3 Å². The number of unbranched alkanes of at least 4 members (excludes halogenated alkanes) is 1. The quantitative estimate of drug-likeness (QED) is 0.209. The Morgan fingerprint density at radius 2 is 1.90 bits per heavy atom. The highest BCUT2D eigenvalue weighted by atomic mass is 127. The summed E-state index contributed by atoms with van der Waals surface area (Å²) in [5.74, 6) is 2.30. The molecule has 1 heterocycles. The minimum absolute atomic E-state index is 0. The van der Waals surface area contributed by atoms with E-state index in [9.17, 15) is 0 Å². The number of aliphatic imine (C=N–C) groups is 1. The Labute approximate surface area is 191 Å². The summed E-state index contributed by atoms with van der Waals surface area (Å²) in [4.78, 5) is 8.88. The van der Waals surface area contributed by atoms with Crippen molar-refractivity contribution >= 4 is 29.9 Å². The zero-order valence-corrected chi connectivity index (χ0v) is 20.4. The van der Waals surface area contributed by atoms with Gasteiger partial charge in [0.15, 0.2) is 5.96 Å². The Morgan fingerprint density at radius 3 is 2.55 bits per heavy atom. The van der Waals surface area contributed by atoms with Crippen molar-refractivity contribution in [2.45, 2.75) is 59.1 Å². The minimum atomic E-state index is -0.0414. The number of benzene rings is 1. The fraction of sp³-hybridized carbons (Fsp3) is 0.545. The third kappa shape index (κ3) is 10.1. The van der Waals surface area contributed by atoms with Crippen molar-refractivity contribution in [1.82, 2.24) is 15.6 Å². The highest BCUT2D eigenvalue weighted by molar-refractivity contribution is 14.0. The SMILES string of the molecule is CCNC(=NCc1ncc(C(C)(C)C)o1)NCCCCOCc1ccccc1.I. The van der Waals surface area contributed by atoms with Crippen LogP contribution in [-0.2, 0) is 23.3 Å². The third-order valence-electron chi connectivity index (χ3n) is 4.13. The molecule has 0 aliphatic rings. The van der Waals surface area contributed by atoms with Crippen molar-refractivity contribution < 1.29 is 9.15 Å². The number of hydrogen-bond donors (Lipinski definition) is 2. The molecule has 6 nitrogen and oxygen atoms in total. The summed E-state index contributed by atoms with van der Waals surface area (Å²) >= 11 is 0. The van der Waals surface area contributed by atoms with Crippen LogP contribution in [0.4, 0.5) is 0 Å². The maximum atomic E-state index is 5.79. The first-order chi connectivity index (χ1) is 13.5. The minimum Gasteiger partial charge on any atom is -0.443 e. The lowest BCUT2D eigenvalue weighted by Crippen LogP contribution is -2.37. The molecule has 2 N–H and O–H groups in total. The van der Waals surface area contributed by atoms with E-state index < -0.39 is 0 Å². The molecule has 0 atom stereocenters. The van der Waals surface area contributed by atoms with E-state index in [2.05, 4.69) is 60.4 Å². The lowest BCUT2D eigenvalue weighted by atomic mass is 9.94. The number of aromatic nitrogens is 1. The summed E-state index contributed by atoms with van der Waals surface area (Å²) in [6.45, 7) is 11.9. The maximum Gasteiger partial charge on any atom is 0.216 e. The summed E-state index contributed by atoms with van der Waals surface area (Å²) in [5, 5.41) is 6.60. The molecule has 0 spiro atoms. The van der Waals surface area contributed by atoms with Crippen molar-refractivity contribution in [2.24, 2.45) is 4.99 Å². The molecule has 1 aromatic heterocycles. The predicted molar refractivity (Wildman–Crippen MR) is 129 cm³/mol. The molecule has 0 bridgehead atoms. The van der Waals surface area contributed by atoms with Gasteiger partial charge in [-0.05, 0) is 25.3 Å². The smallest absolute Gasteiger partial charge is 0.216 e. The predicted octanol–water partition coefficient (Wildman–Crippen LogP) is 4.64. The van der Waals surface area contributed by atoms with Gasteiger partial charge in [-0.2, -0.15) is 0 Å². The summed E-state index contributed by atoms with van der Waals surface area (Å²) in [6, 6.07) is 10.3. The largest absolute Gasteiger partial charge is 0.443 e. The van der Waals surface area contributed by atoms with E-state index in [4.69, 9.17) is 9.15 Å². The number of hydrogen-bond acceptors (Lipinski definition) is 4. The number of nitrogens with one attached hydrogen (secondary N) is 2. The zero-order chi connectivity index (χ0) is 20.2. The van der Waals surface area contributed by atoms with Crippen molar-refractivity contribution in [3.8, 4) is 0 Å². The van der Waals surface area contributed by atoms with Crippen LogP contribution in [0, 0.1) is 0 Å². The van der Waals surface area contributed by atoms with Crippen LogP contribution < -0.4 is 10.6 Å². The molecule has 0 radical (unpaired) electrons. The lowest BCUT2D eigenvalue weighted by Gasteiger charge is -2.13. The van der Waals surface area contributed by atoms with Crippen LogP contribution in [-0.4, -0.2) is 30.6 Å². The molecule has 0 saturated heterocycles. The molecule has 0 unspecified atom stereocenters. The van der Waals surface area contributed by atoms with Gasteiger partial charge >= 0.3 is 0 Å². The van der Waals surface area contributed by atoms with Gasteiger partial charge < -0.3 is 19.8 Å². The first-order valence-corrected chi connectivity index (χ1v) is 10.1. The Kier molecular flexibility index (Phi) is 11.9. The number of oxazole rings is 1. The molecular weight excluding hydrogens is 479 g/mol. The van der Waals surface area contributed by atoms with E-state index in [0.717, 1.165) is 44.3 Å². The van der Waals surface area contributed by atoms with E-state index in [1.807, 2.05) is 18.2 Å². The van der Waals surface area contributed by atoms with Gasteiger partial charge in [-0.25, -0.2) is 9.98 Å². The van der Waals surface area contributed by atoms with Crippen molar-refractivity contribution in [3.05, 3.63) is 53.7 Å². The second kappa shape index (κ2) is 13.6. The first kappa shape index (κ1) is 25.4. The first-order valence-electron chi connectivity index (χ1n) is 10.1. The van der Waals surface area contributed by atoms with Crippen LogP contribution >= 0.6 is 24.0 Å². The normalized spacial score (nSPS) is 11.8. The Balaban J connectivity index is 0.00000420. The van der Waals surface area contributed by atoms with Gasteiger partial charge in [-0.1, -0.05) is 51.1 Å². The van der Waals surface area contributed by atoms with E-state index in [1.54, 1.807) is 6.20 Å². The number of guanidine groups is 1. The molecule has 0 aliphatic heterocycles. The van der Waals surface area contributed by atoms with Crippen LogP contribution in [0.25, 0.3) is 0 Å². The van der Waals surface area contributed by atoms with Gasteiger partial charge in [-0.3, -0.25) is 0 Å². The molecule has 0 saturated carbocycles. The summed E-state index contributed by atoms with van der Waals surface area (Å²) in [5.41, 5.74) is 1.17. The molecule has 1 aromatic carbocycles. The van der Waals surface area contributed by atoms with E-state index in [-0.39, 0.29) is 29.4 Å². The average molecular weight is 514 g/mol. The van der Waals surface area contributed by atoms with Gasteiger partial charge in [0, 0.05) is 25.1 Å². The van der Waals surface area contributed by atoms with E-state index in [1.165, 1.54) is 5.56 Å². The van der Waals surface area contributed by atoms with Crippen molar-refractivity contribution in [1.29, 1.82) is 0 Å². The third-order valence-corrected chi connectivity index (χ3v) is 4.13. The summed E-state index contributed by atoms with van der Waals surface area (Å²) in [7, 11) is 0. The highest BCUT2D eigenvalue weighted by Gasteiger charge is 2.18. The van der Waals surface area contributed by atoms with Crippen LogP contribution in [0.1, 0.15) is 57.8 Å². The highest BCUT2D eigenvalue weighted by Crippen LogP contribution is 2.22. The van der Waals surface area contributed by atoms with Crippen LogP contribution in [0.3, 0.4) is 0 Å². The maximum absolute atomic E-state index is 5.79. The fourth-order valence-corrected chi connectivity index (χ4v) is 2.52. The Morgan fingerprint density at radius 1 is 1.14 bits per heavy atom. The molecule has 0 amide bonds. The number of nitrogens with zero attached hydrogens (tertiary/aromatic N) is 2. The number of ether oxygens (including phenoxy) is 1. The molecule has 0 fully saturated rings. The molecular formula is C22H35IN4O2. The van der Waals surface area contributed by atoms with Gasteiger partial charge in [0.25, 0.3) is 0 Å². The van der Waals surface area contributed by atoms with Crippen LogP contribution in [0.5, 0.6) is 0 Å². The van der Waals surface area contributed by atoms with Crippen molar-refractivity contribution in [2.75, 3.05) is 19.7 Å². The number of halogens is 1. The van der Waals surface area contributed by atoms with Crippen molar-refractivity contribution in [3.63, 3.8) is 0 Å².